The van der Waals surface area contributed by atoms with Crippen LogP contribution >= 0.6 is 11.6 Å². The van der Waals surface area contributed by atoms with Crippen molar-refractivity contribution < 1.29 is 24.9 Å². The zero-order valence-electron chi connectivity index (χ0n) is 22.8. The Morgan fingerprint density at radius 1 is 1.07 bits per heavy atom. The van der Waals surface area contributed by atoms with E-state index in [0.29, 0.717) is 48.5 Å². The predicted molar refractivity (Wildman–Crippen MR) is 156 cm³/mol. The molecular weight excluding hydrogens is 528 g/mol. The fourth-order valence-corrected chi connectivity index (χ4v) is 6.01. The molecule has 1 aliphatic rings. The lowest BCUT2D eigenvalue weighted by Crippen LogP contribution is -2.48. The lowest BCUT2D eigenvalue weighted by atomic mass is 9.72. The van der Waals surface area contributed by atoms with Gasteiger partial charge in [0.1, 0.15) is 0 Å². The first kappa shape index (κ1) is 29.6. The van der Waals surface area contributed by atoms with Gasteiger partial charge in [-0.25, -0.2) is 4.79 Å². The van der Waals surface area contributed by atoms with Gasteiger partial charge in [-0.3, -0.25) is 4.79 Å². The third-order valence-corrected chi connectivity index (χ3v) is 8.20. The number of benzene rings is 3. The highest BCUT2D eigenvalue weighted by Gasteiger charge is 2.43. The first-order chi connectivity index (χ1) is 19.3. The van der Waals surface area contributed by atoms with Gasteiger partial charge in [0.05, 0.1) is 12.2 Å². The summed E-state index contributed by atoms with van der Waals surface area (Å²) in [4.78, 5) is 26.3. The number of amides is 2. The number of hydrogen-bond donors (Lipinski definition) is 4. The Balaban J connectivity index is 1.71. The van der Waals surface area contributed by atoms with E-state index in [1.807, 2.05) is 30.3 Å². The zero-order valence-corrected chi connectivity index (χ0v) is 23.5. The van der Waals surface area contributed by atoms with Crippen LogP contribution in [0.1, 0.15) is 59.7 Å². The summed E-state index contributed by atoms with van der Waals surface area (Å²) in [6.45, 7) is 3.13. The van der Waals surface area contributed by atoms with Gasteiger partial charge in [-0.15, -0.1) is 0 Å². The largest absolute Gasteiger partial charge is 0.465 e. The molecule has 0 bridgehead atoms. The summed E-state index contributed by atoms with van der Waals surface area (Å²) in [5, 5.41) is 34.0. The lowest BCUT2D eigenvalue weighted by Gasteiger charge is -2.44. The first-order valence-corrected chi connectivity index (χ1v) is 14.2. The Morgan fingerprint density at radius 3 is 2.52 bits per heavy atom. The third kappa shape index (κ3) is 6.66. The molecule has 3 aromatic carbocycles. The number of carbonyl (C=O) groups is 2. The summed E-state index contributed by atoms with van der Waals surface area (Å²) in [7, 11) is 0. The van der Waals surface area contributed by atoms with Gasteiger partial charge in [0.2, 0.25) is 0 Å². The summed E-state index contributed by atoms with van der Waals surface area (Å²) in [6, 6.07) is 20.6. The van der Waals surface area contributed by atoms with E-state index < -0.39 is 11.7 Å². The minimum atomic E-state index is -1.36. The van der Waals surface area contributed by atoms with Gasteiger partial charge in [-0.1, -0.05) is 67.1 Å². The van der Waals surface area contributed by atoms with E-state index in [4.69, 9.17) is 16.7 Å². The maximum Gasteiger partial charge on any atom is 0.404 e. The molecule has 1 fully saturated rings. The quantitative estimate of drug-likeness (QED) is 0.231. The highest BCUT2D eigenvalue weighted by atomic mass is 35.5. The van der Waals surface area contributed by atoms with Crippen LogP contribution in [0.15, 0.2) is 66.7 Å². The van der Waals surface area contributed by atoms with Gasteiger partial charge >= 0.3 is 6.09 Å². The molecule has 0 aliphatic carbocycles. The standard InChI is InChI=1S/C32H37ClN2O5/c1-2-22-7-3-8-25(19-22)29-27(10-4-11-28(29)33)32(40,16-6-17-34-31(38)39)26-9-5-18-35(20-26)30(37)24-14-12-23(21-36)13-15-24/h3-4,7-8,10-15,19,26,34,36,40H,2,5-6,9,16-18,20-21H2,1H3,(H,38,39)/t26-,32+/m1/s1. The Kier molecular flexibility index (Phi) is 9.85. The van der Waals surface area contributed by atoms with Crippen molar-refractivity contribution in [2.24, 2.45) is 5.92 Å². The van der Waals surface area contributed by atoms with Crippen LogP contribution in [0.2, 0.25) is 5.02 Å². The highest BCUT2D eigenvalue weighted by Crippen LogP contribution is 2.45. The Bertz CT molecular complexity index is 1330. The normalized spacial score (nSPS) is 16.8. The number of nitrogens with one attached hydrogen (secondary N) is 1. The van der Waals surface area contributed by atoms with Gasteiger partial charge in [0.25, 0.3) is 5.91 Å². The number of nitrogens with zero attached hydrogens (tertiary/aromatic N) is 1. The van der Waals surface area contributed by atoms with Gasteiger partial charge in [-0.2, -0.15) is 0 Å². The lowest BCUT2D eigenvalue weighted by molar-refractivity contribution is -0.0563. The number of aliphatic hydroxyl groups excluding tert-OH is 1. The average molecular weight is 565 g/mol. The van der Waals surface area contributed by atoms with Crippen LogP contribution in [-0.2, 0) is 18.6 Å². The van der Waals surface area contributed by atoms with Crippen LogP contribution in [0.3, 0.4) is 0 Å². The smallest absolute Gasteiger partial charge is 0.404 e. The van der Waals surface area contributed by atoms with Crippen LogP contribution in [0, 0.1) is 5.92 Å². The molecule has 0 aromatic heterocycles. The van der Waals surface area contributed by atoms with E-state index in [1.54, 1.807) is 29.2 Å². The summed E-state index contributed by atoms with van der Waals surface area (Å²) in [6.07, 6.45) is 1.89. The Labute approximate surface area is 240 Å². The van der Waals surface area contributed by atoms with Crippen molar-refractivity contribution in [2.75, 3.05) is 19.6 Å². The number of carboxylic acid groups (broad SMARTS) is 1. The number of aryl methyl sites for hydroxylation is 1. The highest BCUT2D eigenvalue weighted by molar-refractivity contribution is 6.33. The number of halogens is 1. The molecule has 7 nitrogen and oxygen atoms in total. The van der Waals surface area contributed by atoms with Crippen molar-refractivity contribution in [3.8, 4) is 11.1 Å². The molecular formula is C32H37ClN2O5. The molecule has 0 unspecified atom stereocenters. The van der Waals surface area contributed by atoms with Crippen molar-refractivity contribution in [3.63, 3.8) is 0 Å². The van der Waals surface area contributed by atoms with Gasteiger partial charge < -0.3 is 25.5 Å². The third-order valence-electron chi connectivity index (χ3n) is 7.88. The maximum absolute atomic E-state index is 13.4. The Morgan fingerprint density at radius 2 is 1.82 bits per heavy atom. The fourth-order valence-electron chi connectivity index (χ4n) is 5.72. The van der Waals surface area contributed by atoms with Crippen LogP contribution in [0.25, 0.3) is 11.1 Å². The zero-order chi connectivity index (χ0) is 28.7. The summed E-state index contributed by atoms with van der Waals surface area (Å²) in [5.41, 5.74) is 3.42. The number of piperidine rings is 1. The summed E-state index contributed by atoms with van der Waals surface area (Å²) >= 11 is 6.81. The van der Waals surface area contributed by atoms with Gasteiger partial charge in [0.15, 0.2) is 0 Å². The molecule has 40 heavy (non-hydrogen) atoms. The number of hydrogen-bond acceptors (Lipinski definition) is 4. The number of aliphatic hydroxyl groups is 2. The second-order valence-corrected chi connectivity index (χ2v) is 10.8. The average Bonchev–Trinajstić information content (AvgIpc) is 2.98. The molecule has 1 saturated heterocycles. The molecule has 0 radical (unpaired) electrons. The van der Waals surface area contributed by atoms with Crippen molar-refractivity contribution >= 4 is 23.6 Å². The minimum Gasteiger partial charge on any atom is -0.465 e. The van der Waals surface area contributed by atoms with Gasteiger partial charge in [-0.05, 0) is 72.6 Å². The number of likely N-dealkylation sites (tertiary alicyclic amines) is 1. The van der Waals surface area contributed by atoms with E-state index in [-0.39, 0.29) is 25.0 Å². The van der Waals surface area contributed by atoms with E-state index in [2.05, 4.69) is 24.4 Å². The Hall–Kier alpha value is -3.39. The van der Waals surface area contributed by atoms with E-state index in [0.717, 1.165) is 35.1 Å². The van der Waals surface area contributed by atoms with Gasteiger partial charge in [0, 0.05) is 41.7 Å². The molecule has 2 atom stereocenters. The van der Waals surface area contributed by atoms with Crippen LogP contribution in [0.5, 0.6) is 0 Å². The summed E-state index contributed by atoms with van der Waals surface area (Å²) in [5.74, 6) is -0.413. The van der Waals surface area contributed by atoms with E-state index >= 15 is 0 Å². The fraction of sp³-hybridized carbons (Fsp3) is 0.375. The molecule has 4 N–H and O–H groups in total. The second-order valence-electron chi connectivity index (χ2n) is 10.4. The van der Waals surface area contributed by atoms with Crippen LogP contribution in [0.4, 0.5) is 4.79 Å². The van der Waals surface area contributed by atoms with Crippen molar-refractivity contribution in [3.05, 3.63) is 94.0 Å². The maximum atomic E-state index is 13.4. The number of carbonyl (C=O) groups excluding carboxylic acids is 1. The van der Waals surface area contributed by atoms with Crippen molar-refractivity contribution in [2.45, 2.75) is 51.2 Å². The van der Waals surface area contributed by atoms with E-state index in [1.165, 1.54) is 0 Å². The van der Waals surface area contributed by atoms with Crippen LogP contribution in [-0.4, -0.2) is 51.9 Å². The SMILES string of the molecule is CCc1cccc(-c2c(Cl)cccc2[C@](O)(CCCNC(=O)O)[C@@H]2CCCN(C(=O)c3ccc(CO)cc3)C2)c1. The summed E-state index contributed by atoms with van der Waals surface area (Å²) < 4.78 is 0. The molecule has 4 rings (SSSR count). The first-order valence-electron chi connectivity index (χ1n) is 13.8. The van der Waals surface area contributed by atoms with Crippen LogP contribution < -0.4 is 5.32 Å². The van der Waals surface area contributed by atoms with E-state index in [9.17, 15) is 19.8 Å². The minimum absolute atomic E-state index is 0.0901. The molecule has 0 spiro atoms. The molecule has 1 aliphatic heterocycles. The molecule has 3 aromatic rings. The molecule has 0 saturated carbocycles. The van der Waals surface area contributed by atoms with Crippen molar-refractivity contribution in [1.29, 1.82) is 0 Å². The molecule has 8 heteroatoms. The predicted octanol–water partition coefficient (Wildman–Crippen LogP) is 5.85. The topological polar surface area (TPSA) is 110 Å². The van der Waals surface area contributed by atoms with Crippen molar-refractivity contribution in [1.82, 2.24) is 10.2 Å². The molecule has 1 heterocycles. The number of rotatable bonds is 10. The second kappa shape index (κ2) is 13.3. The monoisotopic (exact) mass is 564 g/mol. The molecule has 212 valence electrons. The molecule has 2 amide bonds.